The van der Waals surface area contributed by atoms with Crippen LogP contribution < -0.4 is 10.2 Å². The second-order valence-electron chi connectivity index (χ2n) is 5.66. The zero-order chi connectivity index (χ0) is 15.8. The molecule has 0 amide bonds. The van der Waals surface area contributed by atoms with Gasteiger partial charge in [0.05, 0.1) is 5.69 Å². The van der Waals surface area contributed by atoms with Crippen LogP contribution in [0.2, 0.25) is 5.02 Å². The highest BCUT2D eigenvalue weighted by Gasteiger charge is 2.21. The number of aryl methyl sites for hydroxylation is 1. The molecule has 1 aromatic carbocycles. The van der Waals surface area contributed by atoms with Crippen molar-refractivity contribution in [3.63, 3.8) is 0 Å². The van der Waals surface area contributed by atoms with Gasteiger partial charge >= 0.3 is 0 Å². The monoisotopic (exact) mass is 328 g/mol. The van der Waals surface area contributed by atoms with E-state index in [9.17, 15) is 0 Å². The number of rotatable bonds is 2. The lowest BCUT2D eigenvalue weighted by Crippen LogP contribution is -2.43. The molecule has 1 saturated heterocycles. The van der Waals surface area contributed by atoms with Crippen LogP contribution in [0.15, 0.2) is 34.9 Å². The van der Waals surface area contributed by atoms with Crippen LogP contribution >= 0.6 is 11.6 Å². The van der Waals surface area contributed by atoms with Crippen molar-refractivity contribution in [2.24, 2.45) is 0 Å². The molecule has 1 aliphatic heterocycles. The SMILES string of the molecule is Cc1c(Cl)cc(-c2ccccn2)c2oc(N3CCNCC3)nc12. The maximum Gasteiger partial charge on any atom is 0.298 e. The molecule has 1 aliphatic rings. The van der Waals surface area contributed by atoms with Gasteiger partial charge in [-0.2, -0.15) is 4.98 Å². The molecule has 0 atom stereocenters. The maximum absolute atomic E-state index is 6.40. The molecule has 2 aromatic heterocycles. The molecule has 118 valence electrons. The fourth-order valence-electron chi connectivity index (χ4n) is 2.86. The van der Waals surface area contributed by atoms with E-state index >= 15 is 0 Å². The summed E-state index contributed by atoms with van der Waals surface area (Å²) in [5.41, 5.74) is 4.21. The number of oxazole rings is 1. The molecule has 0 aliphatic carbocycles. The highest BCUT2D eigenvalue weighted by atomic mass is 35.5. The Morgan fingerprint density at radius 2 is 2.09 bits per heavy atom. The summed E-state index contributed by atoms with van der Waals surface area (Å²) in [7, 11) is 0. The van der Waals surface area contributed by atoms with Gasteiger partial charge in [-0.1, -0.05) is 17.7 Å². The lowest BCUT2D eigenvalue weighted by molar-refractivity contribution is 0.518. The summed E-state index contributed by atoms with van der Waals surface area (Å²) < 4.78 is 6.12. The average Bonchev–Trinajstić information content (AvgIpc) is 3.05. The van der Waals surface area contributed by atoms with Crippen molar-refractivity contribution >= 4 is 28.7 Å². The number of benzene rings is 1. The molecule has 1 fully saturated rings. The van der Waals surface area contributed by atoms with Crippen LogP contribution in [0.3, 0.4) is 0 Å². The van der Waals surface area contributed by atoms with Gasteiger partial charge in [0, 0.05) is 43.0 Å². The quantitative estimate of drug-likeness (QED) is 0.782. The number of halogens is 1. The first-order valence-electron chi connectivity index (χ1n) is 7.71. The van der Waals surface area contributed by atoms with Gasteiger partial charge in [0.15, 0.2) is 5.58 Å². The lowest BCUT2D eigenvalue weighted by Gasteiger charge is -2.25. The molecule has 0 saturated carbocycles. The van der Waals surface area contributed by atoms with Crippen molar-refractivity contribution in [2.45, 2.75) is 6.92 Å². The standard InChI is InChI=1S/C17H17ClN4O/c1-11-13(18)10-12(14-4-2-3-5-20-14)16-15(11)21-17(23-16)22-8-6-19-7-9-22/h2-5,10,19H,6-9H2,1H3. The summed E-state index contributed by atoms with van der Waals surface area (Å²) in [6, 6.07) is 8.37. The summed E-state index contributed by atoms with van der Waals surface area (Å²) in [4.78, 5) is 11.3. The molecule has 0 radical (unpaired) electrons. The molecule has 0 bridgehead atoms. The largest absolute Gasteiger partial charge is 0.423 e. The zero-order valence-corrected chi connectivity index (χ0v) is 13.6. The number of anilines is 1. The lowest BCUT2D eigenvalue weighted by atomic mass is 10.1. The van der Waals surface area contributed by atoms with E-state index in [-0.39, 0.29) is 0 Å². The third-order valence-electron chi connectivity index (χ3n) is 4.17. The topological polar surface area (TPSA) is 54.2 Å². The van der Waals surface area contributed by atoms with Gasteiger partial charge in [-0.15, -0.1) is 0 Å². The van der Waals surface area contributed by atoms with Crippen LogP contribution in [-0.2, 0) is 0 Å². The third-order valence-corrected chi connectivity index (χ3v) is 4.57. The minimum atomic E-state index is 0.657. The number of piperazine rings is 1. The van der Waals surface area contributed by atoms with Crippen LogP contribution in [0.5, 0.6) is 0 Å². The molecular weight excluding hydrogens is 312 g/mol. The number of nitrogens with zero attached hydrogens (tertiary/aromatic N) is 3. The van der Waals surface area contributed by atoms with Crippen molar-refractivity contribution in [1.29, 1.82) is 0 Å². The number of nitrogens with one attached hydrogen (secondary N) is 1. The van der Waals surface area contributed by atoms with Crippen LogP contribution in [0.4, 0.5) is 6.01 Å². The predicted molar refractivity (Wildman–Crippen MR) is 92.1 cm³/mol. The average molecular weight is 329 g/mol. The van der Waals surface area contributed by atoms with Crippen molar-refractivity contribution in [2.75, 3.05) is 31.1 Å². The zero-order valence-electron chi connectivity index (χ0n) is 12.8. The fraction of sp³-hybridized carbons (Fsp3) is 0.294. The third kappa shape index (κ3) is 2.56. The van der Waals surface area contributed by atoms with E-state index in [0.29, 0.717) is 11.0 Å². The van der Waals surface area contributed by atoms with Crippen LogP contribution in [0.25, 0.3) is 22.4 Å². The van der Waals surface area contributed by atoms with Crippen LogP contribution in [0.1, 0.15) is 5.56 Å². The summed E-state index contributed by atoms with van der Waals surface area (Å²) in [5.74, 6) is 0. The molecule has 4 rings (SSSR count). The smallest absolute Gasteiger partial charge is 0.298 e. The molecule has 23 heavy (non-hydrogen) atoms. The predicted octanol–water partition coefficient (Wildman–Crippen LogP) is 3.26. The highest BCUT2D eigenvalue weighted by Crippen LogP contribution is 2.36. The first kappa shape index (κ1) is 14.5. The van der Waals surface area contributed by atoms with Gasteiger partial charge in [-0.3, -0.25) is 4.98 Å². The second kappa shape index (κ2) is 5.83. The first-order valence-corrected chi connectivity index (χ1v) is 8.08. The van der Waals surface area contributed by atoms with Gasteiger partial charge in [0.2, 0.25) is 0 Å². The van der Waals surface area contributed by atoms with E-state index in [2.05, 4.69) is 15.2 Å². The molecular formula is C17H17ClN4O. The number of pyridine rings is 1. The van der Waals surface area contributed by atoms with Gasteiger partial charge in [0.1, 0.15) is 5.52 Å². The Balaban J connectivity index is 1.90. The van der Waals surface area contributed by atoms with Crippen molar-refractivity contribution < 1.29 is 4.42 Å². The Kier molecular flexibility index (Phi) is 3.67. The summed E-state index contributed by atoms with van der Waals surface area (Å²) in [6.45, 7) is 5.62. The van der Waals surface area contributed by atoms with E-state index in [4.69, 9.17) is 21.0 Å². The van der Waals surface area contributed by atoms with Gasteiger partial charge in [-0.05, 0) is 30.7 Å². The van der Waals surface area contributed by atoms with Crippen molar-refractivity contribution in [1.82, 2.24) is 15.3 Å². The molecule has 0 spiro atoms. The minimum Gasteiger partial charge on any atom is -0.423 e. The number of fused-ring (bicyclic) bond motifs is 1. The normalized spacial score (nSPS) is 15.3. The Morgan fingerprint density at radius 3 is 2.83 bits per heavy atom. The Hall–Kier alpha value is -2.11. The van der Waals surface area contributed by atoms with Crippen LogP contribution in [-0.4, -0.2) is 36.1 Å². The Labute approximate surface area is 139 Å². The van der Waals surface area contributed by atoms with E-state index in [1.807, 2.05) is 31.2 Å². The van der Waals surface area contributed by atoms with Gasteiger partial charge in [-0.25, -0.2) is 0 Å². The molecule has 3 aromatic rings. The van der Waals surface area contributed by atoms with E-state index in [1.54, 1.807) is 6.20 Å². The fourth-order valence-corrected chi connectivity index (χ4v) is 3.06. The summed E-state index contributed by atoms with van der Waals surface area (Å²) in [5, 5.41) is 4.01. The second-order valence-corrected chi connectivity index (χ2v) is 6.06. The Bertz CT molecular complexity index is 841. The highest BCUT2D eigenvalue weighted by molar-refractivity contribution is 6.32. The number of aromatic nitrogens is 2. The Morgan fingerprint density at radius 1 is 1.26 bits per heavy atom. The van der Waals surface area contributed by atoms with Crippen LogP contribution in [0, 0.1) is 6.92 Å². The molecule has 6 heteroatoms. The number of hydrogen-bond donors (Lipinski definition) is 1. The van der Waals surface area contributed by atoms with E-state index in [1.165, 1.54) is 0 Å². The molecule has 1 N–H and O–H groups in total. The van der Waals surface area contributed by atoms with E-state index < -0.39 is 0 Å². The van der Waals surface area contributed by atoms with E-state index in [0.717, 1.165) is 54.1 Å². The van der Waals surface area contributed by atoms with Crippen molar-refractivity contribution in [3.8, 4) is 11.3 Å². The van der Waals surface area contributed by atoms with Gasteiger partial charge in [0.25, 0.3) is 6.01 Å². The van der Waals surface area contributed by atoms with Gasteiger partial charge < -0.3 is 14.6 Å². The summed E-state index contributed by atoms with van der Waals surface area (Å²) >= 11 is 6.40. The number of hydrogen-bond acceptors (Lipinski definition) is 5. The molecule has 0 unspecified atom stereocenters. The molecule has 3 heterocycles. The first-order chi connectivity index (χ1) is 11.2. The maximum atomic E-state index is 6.40. The minimum absolute atomic E-state index is 0.657. The summed E-state index contributed by atoms with van der Waals surface area (Å²) in [6.07, 6.45) is 1.77. The molecule has 5 nitrogen and oxygen atoms in total. The van der Waals surface area contributed by atoms with Crippen molar-refractivity contribution in [3.05, 3.63) is 41.0 Å².